The van der Waals surface area contributed by atoms with Crippen molar-refractivity contribution in [3.05, 3.63) is 0 Å². The van der Waals surface area contributed by atoms with Gasteiger partial charge in [-0.05, 0) is 19.8 Å². The predicted octanol–water partition coefficient (Wildman–Crippen LogP) is 2.61. The minimum atomic E-state index is -0.0874. The maximum Gasteiger partial charge on any atom is 0.318 e. The molecule has 1 unspecified atom stereocenters. The first kappa shape index (κ1) is 10.9. The molecule has 1 rings (SSSR count). The highest BCUT2D eigenvalue weighted by molar-refractivity contribution is 8.01. The molecule has 0 N–H and O–H groups in total. The van der Waals surface area contributed by atoms with Crippen molar-refractivity contribution in [3.8, 4) is 0 Å². The SMILES string of the molecule is COC(=O)C(C)SC1CCCCC1. The summed E-state index contributed by atoms with van der Waals surface area (Å²) in [6.45, 7) is 1.94. The Morgan fingerprint density at radius 1 is 1.38 bits per heavy atom. The van der Waals surface area contributed by atoms with Gasteiger partial charge < -0.3 is 4.74 Å². The molecule has 76 valence electrons. The van der Waals surface area contributed by atoms with Gasteiger partial charge in [-0.1, -0.05) is 19.3 Å². The van der Waals surface area contributed by atoms with Crippen molar-refractivity contribution < 1.29 is 9.53 Å². The van der Waals surface area contributed by atoms with E-state index in [4.69, 9.17) is 4.74 Å². The Balaban J connectivity index is 2.25. The largest absolute Gasteiger partial charge is 0.468 e. The van der Waals surface area contributed by atoms with Crippen LogP contribution in [0.15, 0.2) is 0 Å². The molecule has 0 spiro atoms. The standard InChI is InChI=1S/C10H18O2S/c1-8(10(11)12-2)13-9-6-4-3-5-7-9/h8-9H,3-7H2,1-2H3. The Morgan fingerprint density at radius 2 is 2.00 bits per heavy atom. The molecule has 1 atom stereocenters. The van der Waals surface area contributed by atoms with Crippen LogP contribution in [0.1, 0.15) is 39.0 Å². The molecule has 0 aliphatic heterocycles. The number of rotatable bonds is 3. The zero-order valence-corrected chi connectivity index (χ0v) is 9.23. The third-order valence-electron chi connectivity index (χ3n) is 2.48. The van der Waals surface area contributed by atoms with Crippen LogP contribution in [0.25, 0.3) is 0 Å². The highest BCUT2D eigenvalue weighted by Gasteiger charge is 2.21. The van der Waals surface area contributed by atoms with E-state index in [1.165, 1.54) is 39.2 Å². The van der Waals surface area contributed by atoms with Crippen molar-refractivity contribution >= 4 is 17.7 Å². The lowest BCUT2D eigenvalue weighted by atomic mass is 10.0. The van der Waals surface area contributed by atoms with Crippen LogP contribution in [0.3, 0.4) is 0 Å². The van der Waals surface area contributed by atoms with Crippen molar-refractivity contribution in [1.29, 1.82) is 0 Å². The highest BCUT2D eigenvalue weighted by Crippen LogP contribution is 2.31. The lowest BCUT2D eigenvalue weighted by Gasteiger charge is -2.23. The quantitative estimate of drug-likeness (QED) is 0.658. The third-order valence-corrected chi connectivity index (χ3v) is 3.94. The summed E-state index contributed by atoms with van der Waals surface area (Å²) in [5.41, 5.74) is 0. The van der Waals surface area contributed by atoms with Crippen molar-refractivity contribution in [3.63, 3.8) is 0 Å². The van der Waals surface area contributed by atoms with Crippen molar-refractivity contribution in [2.75, 3.05) is 7.11 Å². The summed E-state index contributed by atoms with van der Waals surface area (Å²) >= 11 is 1.78. The van der Waals surface area contributed by atoms with E-state index in [0.717, 1.165) is 0 Å². The van der Waals surface area contributed by atoms with Crippen LogP contribution in [0, 0.1) is 0 Å². The fourth-order valence-corrected chi connectivity index (χ4v) is 3.10. The summed E-state index contributed by atoms with van der Waals surface area (Å²) in [4.78, 5) is 11.1. The number of hydrogen-bond acceptors (Lipinski definition) is 3. The molecule has 0 aromatic carbocycles. The average molecular weight is 202 g/mol. The molecule has 1 saturated carbocycles. The fourth-order valence-electron chi connectivity index (χ4n) is 1.71. The smallest absolute Gasteiger partial charge is 0.318 e. The van der Waals surface area contributed by atoms with Crippen LogP contribution >= 0.6 is 11.8 Å². The summed E-state index contributed by atoms with van der Waals surface area (Å²) < 4.78 is 4.69. The first-order valence-electron chi connectivity index (χ1n) is 4.97. The molecule has 13 heavy (non-hydrogen) atoms. The van der Waals surface area contributed by atoms with E-state index >= 15 is 0 Å². The van der Waals surface area contributed by atoms with E-state index in [1.54, 1.807) is 11.8 Å². The second kappa shape index (κ2) is 5.53. The van der Waals surface area contributed by atoms with Crippen LogP contribution in [-0.2, 0) is 9.53 Å². The molecule has 0 bridgehead atoms. The molecular formula is C10H18O2S. The Labute approximate surface area is 84.4 Å². The summed E-state index contributed by atoms with van der Waals surface area (Å²) in [7, 11) is 1.46. The molecule has 0 aromatic rings. The van der Waals surface area contributed by atoms with Gasteiger partial charge in [0.2, 0.25) is 0 Å². The summed E-state index contributed by atoms with van der Waals surface area (Å²) in [5.74, 6) is -0.0874. The third kappa shape index (κ3) is 3.59. The number of carbonyl (C=O) groups excluding carboxylic acids is 1. The van der Waals surface area contributed by atoms with E-state index < -0.39 is 0 Å². The van der Waals surface area contributed by atoms with Gasteiger partial charge in [-0.25, -0.2) is 0 Å². The number of thioether (sulfide) groups is 1. The van der Waals surface area contributed by atoms with Gasteiger partial charge >= 0.3 is 5.97 Å². The molecule has 1 fully saturated rings. The van der Waals surface area contributed by atoms with Crippen molar-refractivity contribution in [2.24, 2.45) is 0 Å². The average Bonchev–Trinajstić information content (AvgIpc) is 2.18. The zero-order valence-electron chi connectivity index (χ0n) is 8.41. The molecule has 0 radical (unpaired) electrons. The molecule has 0 heterocycles. The first-order valence-corrected chi connectivity index (χ1v) is 5.91. The normalized spacial score (nSPS) is 21.1. The van der Waals surface area contributed by atoms with Crippen LogP contribution < -0.4 is 0 Å². The van der Waals surface area contributed by atoms with Gasteiger partial charge in [0.1, 0.15) is 0 Å². The second-order valence-corrected chi connectivity index (χ2v) is 5.21. The van der Waals surface area contributed by atoms with Crippen LogP contribution in [0.5, 0.6) is 0 Å². The minimum absolute atomic E-state index is 0.00750. The van der Waals surface area contributed by atoms with E-state index in [-0.39, 0.29) is 11.2 Å². The number of ether oxygens (including phenoxy) is 1. The summed E-state index contributed by atoms with van der Waals surface area (Å²) in [6.07, 6.45) is 6.55. The maximum atomic E-state index is 11.1. The Hall–Kier alpha value is -0.180. The van der Waals surface area contributed by atoms with Crippen LogP contribution in [0.2, 0.25) is 0 Å². The van der Waals surface area contributed by atoms with Gasteiger partial charge in [0.05, 0.1) is 12.4 Å². The van der Waals surface area contributed by atoms with Crippen LogP contribution in [-0.4, -0.2) is 23.6 Å². The van der Waals surface area contributed by atoms with E-state index in [1.807, 2.05) is 6.92 Å². The van der Waals surface area contributed by atoms with Gasteiger partial charge in [-0.3, -0.25) is 4.79 Å². The first-order chi connectivity index (χ1) is 6.24. The van der Waals surface area contributed by atoms with Gasteiger partial charge in [0.15, 0.2) is 0 Å². The van der Waals surface area contributed by atoms with Crippen molar-refractivity contribution in [1.82, 2.24) is 0 Å². The minimum Gasteiger partial charge on any atom is -0.468 e. The predicted molar refractivity (Wildman–Crippen MR) is 55.9 cm³/mol. The van der Waals surface area contributed by atoms with E-state index in [9.17, 15) is 4.79 Å². The second-order valence-electron chi connectivity index (χ2n) is 3.56. The maximum absolute atomic E-state index is 11.1. The molecule has 1 aliphatic rings. The van der Waals surface area contributed by atoms with Gasteiger partial charge in [0, 0.05) is 5.25 Å². The zero-order chi connectivity index (χ0) is 9.68. The lowest BCUT2D eigenvalue weighted by Crippen LogP contribution is -2.20. The van der Waals surface area contributed by atoms with Gasteiger partial charge in [-0.2, -0.15) is 0 Å². The number of carbonyl (C=O) groups is 1. The molecule has 1 aliphatic carbocycles. The van der Waals surface area contributed by atoms with Gasteiger partial charge in [-0.15, -0.1) is 11.8 Å². The Kier molecular flexibility index (Phi) is 4.64. The highest BCUT2D eigenvalue weighted by atomic mass is 32.2. The molecule has 0 saturated heterocycles. The lowest BCUT2D eigenvalue weighted by molar-refractivity contribution is -0.139. The molecule has 0 amide bonds. The molecular weight excluding hydrogens is 184 g/mol. The number of hydrogen-bond donors (Lipinski definition) is 0. The van der Waals surface area contributed by atoms with Crippen LogP contribution in [0.4, 0.5) is 0 Å². The Bertz CT molecular complexity index is 164. The fraction of sp³-hybridized carbons (Fsp3) is 0.900. The van der Waals surface area contributed by atoms with Gasteiger partial charge in [0.25, 0.3) is 0 Å². The summed E-state index contributed by atoms with van der Waals surface area (Å²) in [6, 6.07) is 0. The topological polar surface area (TPSA) is 26.3 Å². The number of esters is 1. The number of methoxy groups -OCH3 is 1. The molecule has 0 aromatic heterocycles. The van der Waals surface area contributed by atoms with E-state index in [0.29, 0.717) is 5.25 Å². The summed E-state index contributed by atoms with van der Waals surface area (Å²) in [5, 5.41) is 0.691. The van der Waals surface area contributed by atoms with E-state index in [2.05, 4.69) is 0 Å². The Morgan fingerprint density at radius 3 is 2.54 bits per heavy atom. The molecule has 3 heteroatoms. The monoisotopic (exact) mass is 202 g/mol. The van der Waals surface area contributed by atoms with Crippen molar-refractivity contribution in [2.45, 2.75) is 49.5 Å². The molecule has 2 nitrogen and oxygen atoms in total.